The number of carbonyl (C=O) groups is 2. The van der Waals surface area contributed by atoms with E-state index in [-0.39, 0.29) is 24.3 Å². The average molecular weight is 511 g/mol. The first-order valence-corrected chi connectivity index (χ1v) is 13.3. The van der Waals surface area contributed by atoms with Crippen LogP contribution in [0.2, 0.25) is 0 Å². The molecule has 6 nitrogen and oxygen atoms in total. The van der Waals surface area contributed by atoms with Gasteiger partial charge in [0.05, 0.1) is 11.8 Å². The summed E-state index contributed by atoms with van der Waals surface area (Å²) in [5.41, 5.74) is 8.51. The lowest BCUT2D eigenvalue weighted by atomic mass is 9.97. The maximum atomic E-state index is 12.8. The minimum absolute atomic E-state index is 0.0565. The number of carbonyl (C=O) groups excluding carboxylic acids is 2. The van der Waals surface area contributed by atoms with Crippen molar-refractivity contribution >= 4 is 40.1 Å². The molecule has 0 bridgehead atoms. The number of hydrogen-bond donors (Lipinski definition) is 1. The fraction of sp³-hybridized carbons (Fsp3) is 0.267. The minimum Gasteiger partial charge on any atom is -0.326 e. The lowest BCUT2D eigenvalue weighted by Crippen LogP contribution is -2.25. The zero-order valence-corrected chi connectivity index (χ0v) is 22.3. The van der Waals surface area contributed by atoms with Gasteiger partial charge in [-0.1, -0.05) is 77.5 Å². The Kier molecular flexibility index (Phi) is 6.98. The number of amides is 2. The highest BCUT2D eigenvalue weighted by atomic mass is 32.2. The molecular weight excluding hydrogens is 480 g/mol. The van der Waals surface area contributed by atoms with Crippen molar-refractivity contribution < 1.29 is 9.59 Å². The smallest absolute Gasteiger partial charge is 0.262 e. The van der Waals surface area contributed by atoms with Crippen molar-refractivity contribution in [3.8, 4) is 0 Å². The van der Waals surface area contributed by atoms with Gasteiger partial charge in [-0.2, -0.15) is 10.1 Å². The van der Waals surface area contributed by atoms with Gasteiger partial charge in [-0.15, -0.1) is 0 Å². The number of nitrogens with one attached hydrogen (secondary N) is 1. The summed E-state index contributed by atoms with van der Waals surface area (Å²) in [4.78, 5) is 29.9. The van der Waals surface area contributed by atoms with Crippen molar-refractivity contribution in [3.63, 3.8) is 0 Å². The van der Waals surface area contributed by atoms with Gasteiger partial charge in [-0.05, 0) is 62.1 Å². The van der Waals surface area contributed by atoms with Crippen LogP contribution in [0, 0.1) is 27.7 Å². The summed E-state index contributed by atoms with van der Waals surface area (Å²) in [5, 5.41) is 9.69. The molecule has 0 radical (unpaired) electrons. The highest BCUT2D eigenvalue weighted by Gasteiger charge is 2.39. The summed E-state index contributed by atoms with van der Waals surface area (Å²) in [5.74, 6) is -0.497. The van der Waals surface area contributed by atoms with Gasteiger partial charge < -0.3 is 5.32 Å². The summed E-state index contributed by atoms with van der Waals surface area (Å²) in [6, 6.07) is 22.4. The molecule has 0 saturated carbocycles. The predicted molar refractivity (Wildman–Crippen MR) is 151 cm³/mol. The van der Waals surface area contributed by atoms with Gasteiger partial charge in [0.1, 0.15) is 5.25 Å². The van der Waals surface area contributed by atoms with Crippen molar-refractivity contribution in [2.24, 2.45) is 10.1 Å². The summed E-state index contributed by atoms with van der Waals surface area (Å²) in [6.07, 6.45) is 0.763. The van der Waals surface area contributed by atoms with Gasteiger partial charge in [0.15, 0.2) is 5.17 Å². The predicted octanol–water partition coefficient (Wildman–Crippen LogP) is 6.10. The van der Waals surface area contributed by atoms with Crippen LogP contribution in [0.25, 0.3) is 0 Å². The number of aliphatic imine (C=N–C) groups is 1. The van der Waals surface area contributed by atoms with Crippen LogP contribution in [0.1, 0.15) is 52.3 Å². The molecule has 188 valence electrons. The number of thioether (sulfide) groups is 1. The molecular formula is C30H30N4O2S. The maximum absolute atomic E-state index is 12.8. The fourth-order valence-corrected chi connectivity index (χ4v) is 5.52. The monoisotopic (exact) mass is 510 g/mol. The zero-order valence-electron chi connectivity index (χ0n) is 21.5. The highest BCUT2D eigenvalue weighted by Crippen LogP contribution is 2.38. The minimum atomic E-state index is -0.571. The van der Waals surface area contributed by atoms with E-state index in [4.69, 9.17) is 5.10 Å². The van der Waals surface area contributed by atoms with E-state index in [1.165, 1.54) is 22.9 Å². The SMILES string of the molecule is Cc1ccc(C2=NN(C3=NC(=O)[C@H](CC(=O)Nc4ccc(C)c(C)c4)S3)[C@@H](c3ccc(C)cc3)C2)cc1. The van der Waals surface area contributed by atoms with E-state index in [1.54, 1.807) is 0 Å². The molecule has 0 spiro atoms. The molecule has 0 saturated heterocycles. The number of nitrogens with zero attached hydrogens (tertiary/aromatic N) is 3. The first-order chi connectivity index (χ1) is 17.8. The third-order valence-corrected chi connectivity index (χ3v) is 7.99. The van der Waals surface area contributed by atoms with E-state index in [1.807, 2.05) is 37.1 Å². The molecule has 2 amide bonds. The maximum Gasteiger partial charge on any atom is 0.262 e. The van der Waals surface area contributed by atoms with E-state index in [2.05, 4.69) is 72.7 Å². The molecule has 0 fully saturated rings. The Labute approximate surface area is 221 Å². The topological polar surface area (TPSA) is 74.1 Å². The Hall–Kier alpha value is -3.71. The summed E-state index contributed by atoms with van der Waals surface area (Å²) in [7, 11) is 0. The van der Waals surface area contributed by atoms with E-state index >= 15 is 0 Å². The van der Waals surface area contributed by atoms with Crippen molar-refractivity contribution in [2.45, 2.75) is 51.8 Å². The molecule has 7 heteroatoms. The highest BCUT2D eigenvalue weighted by molar-refractivity contribution is 8.15. The number of hydrogen-bond acceptors (Lipinski definition) is 5. The van der Waals surface area contributed by atoms with E-state index < -0.39 is 5.25 Å². The normalized spacial score (nSPS) is 19.1. The van der Waals surface area contributed by atoms with Gasteiger partial charge in [0, 0.05) is 18.5 Å². The van der Waals surface area contributed by atoms with Crippen molar-refractivity contribution in [1.82, 2.24) is 5.01 Å². The quantitative estimate of drug-likeness (QED) is 0.450. The van der Waals surface area contributed by atoms with Crippen LogP contribution in [0.4, 0.5) is 5.69 Å². The van der Waals surface area contributed by atoms with Crippen LogP contribution in [-0.2, 0) is 9.59 Å². The van der Waals surface area contributed by atoms with Crippen molar-refractivity contribution in [2.75, 3.05) is 5.32 Å². The van der Waals surface area contributed by atoms with Crippen LogP contribution >= 0.6 is 11.8 Å². The Morgan fingerprint density at radius 3 is 2.30 bits per heavy atom. The largest absolute Gasteiger partial charge is 0.326 e. The van der Waals surface area contributed by atoms with Crippen LogP contribution < -0.4 is 5.32 Å². The number of anilines is 1. The standard InChI is InChI=1S/C30H30N4O2S/c1-18-5-10-22(11-6-18)25-16-26(23-12-7-19(2)8-13-23)34(33-25)30-32-29(36)27(37-30)17-28(35)31-24-14-9-20(3)21(4)15-24/h5-15,26-27H,16-17H2,1-4H3,(H,31,35)/t26-,27+/m1/s1. The number of benzene rings is 3. The molecule has 2 atom stereocenters. The summed E-state index contributed by atoms with van der Waals surface area (Å²) >= 11 is 1.32. The van der Waals surface area contributed by atoms with Gasteiger partial charge in [-0.25, -0.2) is 5.01 Å². The van der Waals surface area contributed by atoms with E-state index in [0.29, 0.717) is 11.6 Å². The van der Waals surface area contributed by atoms with Gasteiger partial charge >= 0.3 is 0 Å². The Morgan fingerprint density at radius 1 is 0.946 bits per heavy atom. The molecule has 37 heavy (non-hydrogen) atoms. The lowest BCUT2D eigenvalue weighted by molar-refractivity contribution is -0.121. The second-order valence-corrected chi connectivity index (χ2v) is 10.9. The van der Waals surface area contributed by atoms with Crippen molar-refractivity contribution in [1.29, 1.82) is 0 Å². The molecule has 2 aliphatic heterocycles. The number of amidine groups is 1. The van der Waals surface area contributed by atoms with Gasteiger partial charge in [-0.3, -0.25) is 9.59 Å². The van der Waals surface area contributed by atoms with Crippen LogP contribution in [0.5, 0.6) is 0 Å². The third kappa shape index (κ3) is 5.52. The van der Waals surface area contributed by atoms with E-state index in [9.17, 15) is 9.59 Å². The fourth-order valence-electron chi connectivity index (χ4n) is 4.46. The van der Waals surface area contributed by atoms with Crippen LogP contribution in [0.15, 0.2) is 76.8 Å². The van der Waals surface area contributed by atoms with E-state index in [0.717, 1.165) is 33.7 Å². The zero-order chi connectivity index (χ0) is 26.1. The second kappa shape index (κ2) is 10.3. The van der Waals surface area contributed by atoms with Gasteiger partial charge in [0.2, 0.25) is 5.91 Å². The molecule has 2 aliphatic rings. The lowest BCUT2D eigenvalue weighted by Gasteiger charge is -2.23. The Morgan fingerprint density at radius 2 is 1.62 bits per heavy atom. The summed E-state index contributed by atoms with van der Waals surface area (Å²) in [6.45, 7) is 8.16. The first-order valence-electron chi connectivity index (χ1n) is 12.4. The Balaban J connectivity index is 1.34. The van der Waals surface area contributed by atoms with Crippen molar-refractivity contribution in [3.05, 3.63) is 100 Å². The van der Waals surface area contributed by atoms with Crippen LogP contribution in [0.3, 0.4) is 0 Å². The third-order valence-electron chi connectivity index (χ3n) is 6.84. The number of hydrazone groups is 1. The molecule has 0 aliphatic carbocycles. The molecule has 3 aromatic carbocycles. The molecule has 0 aromatic heterocycles. The molecule has 5 rings (SSSR count). The number of rotatable bonds is 5. The molecule has 2 heterocycles. The number of aryl methyl sites for hydroxylation is 4. The van der Waals surface area contributed by atoms with Crippen LogP contribution in [-0.4, -0.2) is 33.0 Å². The first kappa shape index (κ1) is 25.0. The Bertz CT molecular complexity index is 1410. The molecule has 3 aromatic rings. The summed E-state index contributed by atoms with van der Waals surface area (Å²) < 4.78 is 0. The second-order valence-electron chi connectivity index (χ2n) is 9.78. The average Bonchev–Trinajstić information content (AvgIpc) is 3.46. The van der Waals surface area contributed by atoms with Gasteiger partial charge in [0.25, 0.3) is 5.91 Å². The molecule has 0 unspecified atom stereocenters. The molecule has 1 N–H and O–H groups in total.